The molecule has 0 saturated heterocycles. The zero-order valence-electron chi connectivity index (χ0n) is 16.3. The van der Waals surface area contributed by atoms with E-state index >= 15 is 0 Å². The quantitative estimate of drug-likeness (QED) is 0.571. The molecule has 0 aliphatic carbocycles. The van der Waals surface area contributed by atoms with Crippen LogP contribution in [0.15, 0.2) is 77.7 Å². The van der Waals surface area contributed by atoms with Gasteiger partial charge in [-0.15, -0.1) is 0 Å². The van der Waals surface area contributed by atoms with Gasteiger partial charge in [0.05, 0.1) is 6.54 Å². The van der Waals surface area contributed by atoms with E-state index in [4.69, 9.17) is 0 Å². The summed E-state index contributed by atoms with van der Waals surface area (Å²) < 4.78 is 1.56. The molecule has 0 fully saturated rings. The highest BCUT2D eigenvalue weighted by Crippen LogP contribution is 2.17. The first-order valence-corrected chi connectivity index (χ1v) is 9.43. The van der Waals surface area contributed by atoms with Gasteiger partial charge in [-0.1, -0.05) is 36.4 Å². The van der Waals surface area contributed by atoms with Crippen molar-refractivity contribution in [3.63, 3.8) is 0 Å². The number of pyridine rings is 2. The number of carbonyl (C=O) groups is 1. The van der Waals surface area contributed by atoms with Crippen molar-refractivity contribution in [2.24, 2.45) is 0 Å². The van der Waals surface area contributed by atoms with Crippen molar-refractivity contribution in [3.8, 4) is 0 Å². The summed E-state index contributed by atoms with van der Waals surface area (Å²) >= 11 is 0. The number of nitrogens with one attached hydrogen (secondary N) is 1. The minimum atomic E-state index is -0.424. The van der Waals surface area contributed by atoms with Crippen LogP contribution in [-0.4, -0.2) is 15.5 Å². The Hall–Kier alpha value is -3.73. The van der Waals surface area contributed by atoms with Crippen molar-refractivity contribution in [1.29, 1.82) is 0 Å². The Morgan fingerprint density at radius 1 is 0.966 bits per heavy atom. The Morgan fingerprint density at radius 2 is 1.69 bits per heavy atom. The minimum Gasteiger partial charge on any atom is -0.322 e. The van der Waals surface area contributed by atoms with Crippen molar-refractivity contribution in [1.82, 2.24) is 9.55 Å². The highest BCUT2D eigenvalue weighted by atomic mass is 16.2. The number of hydrogen-bond acceptors (Lipinski definition) is 3. The van der Waals surface area contributed by atoms with E-state index in [9.17, 15) is 9.59 Å². The minimum absolute atomic E-state index is 0.0978. The number of nitrogens with zero attached hydrogens (tertiary/aromatic N) is 2. The number of benzene rings is 2. The summed E-state index contributed by atoms with van der Waals surface area (Å²) in [7, 11) is 0. The van der Waals surface area contributed by atoms with E-state index in [0.29, 0.717) is 17.9 Å². The standard InChI is InChI=1S/C24H21N3O2/c1-16-11-17(2)13-20(12-16)26-23(28)21-14-19-9-6-10-25-22(19)27(24(21)29)15-18-7-4-3-5-8-18/h3-14H,15H2,1-2H3,(H,26,28). The average molecular weight is 383 g/mol. The Bertz CT molecular complexity index is 1240. The molecule has 0 saturated carbocycles. The molecule has 0 spiro atoms. The van der Waals surface area contributed by atoms with E-state index in [1.54, 1.807) is 22.9 Å². The Morgan fingerprint density at radius 3 is 2.41 bits per heavy atom. The number of amides is 1. The SMILES string of the molecule is Cc1cc(C)cc(NC(=O)c2cc3cccnc3n(Cc3ccccc3)c2=O)c1. The zero-order chi connectivity index (χ0) is 20.4. The van der Waals surface area contributed by atoms with Crippen LogP contribution in [0.4, 0.5) is 5.69 Å². The Kier molecular flexibility index (Phi) is 4.96. The van der Waals surface area contributed by atoms with Crippen LogP contribution in [-0.2, 0) is 6.54 Å². The molecular weight excluding hydrogens is 362 g/mol. The van der Waals surface area contributed by atoms with Gasteiger partial charge in [-0.25, -0.2) is 4.98 Å². The largest absolute Gasteiger partial charge is 0.322 e. The van der Waals surface area contributed by atoms with Crippen molar-refractivity contribution in [2.45, 2.75) is 20.4 Å². The van der Waals surface area contributed by atoms with Gasteiger partial charge >= 0.3 is 0 Å². The monoisotopic (exact) mass is 383 g/mol. The van der Waals surface area contributed by atoms with Gasteiger partial charge < -0.3 is 5.32 Å². The van der Waals surface area contributed by atoms with Crippen LogP contribution in [0.1, 0.15) is 27.0 Å². The number of rotatable bonds is 4. The second-order valence-corrected chi connectivity index (χ2v) is 7.18. The first-order chi connectivity index (χ1) is 14.0. The van der Waals surface area contributed by atoms with Gasteiger partial charge in [0.15, 0.2) is 0 Å². The van der Waals surface area contributed by atoms with Gasteiger partial charge in [-0.2, -0.15) is 0 Å². The fraction of sp³-hybridized carbons (Fsp3) is 0.125. The van der Waals surface area contributed by atoms with E-state index in [0.717, 1.165) is 22.1 Å². The molecule has 5 heteroatoms. The first kappa shape index (κ1) is 18.6. The van der Waals surface area contributed by atoms with Gasteiger partial charge in [0, 0.05) is 17.3 Å². The maximum atomic E-state index is 13.2. The predicted octanol–water partition coefficient (Wildman–Crippen LogP) is 4.31. The van der Waals surface area contributed by atoms with Gasteiger partial charge in [0.1, 0.15) is 11.2 Å². The molecule has 0 radical (unpaired) electrons. The number of hydrogen-bond donors (Lipinski definition) is 1. The zero-order valence-corrected chi connectivity index (χ0v) is 16.3. The maximum Gasteiger partial charge on any atom is 0.265 e. The Labute approximate surface area is 168 Å². The summed E-state index contributed by atoms with van der Waals surface area (Å²) in [5, 5.41) is 3.61. The maximum absolute atomic E-state index is 13.2. The molecule has 4 rings (SSSR count). The molecule has 1 N–H and O–H groups in total. The molecule has 144 valence electrons. The molecule has 0 atom stereocenters. The topological polar surface area (TPSA) is 64.0 Å². The van der Waals surface area contributed by atoms with Gasteiger partial charge in [0.2, 0.25) is 0 Å². The second-order valence-electron chi connectivity index (χ2n) is 7.18. The molecular formula is C24H21N3O2. The molecule has 0 bridgehead atoms. The molecule has 2 heterocycles. The second kappa shape index (κ2) is 7.72. The van der Waals surface area contributed by atoms with Crippen molar-refractivity contribution in [2.75, 3.05) is 5.32 Å². The molecule has 29 heavy (non-hydrogen) atoms. The molecule has 0 aliphatic heterocycles. The highest BCUT2D eigenvalue weighted by molar-refractivity contribution is 6.05. The third-order valence-electron chi connectivity index (χ3n) is 4.76. The molecule has 4 aromatic rings. The normalized spacial score (nSPS) is 10.8. The molecule has 0 aliphatic rings. The molecule has 1 amide bonds. The lowest BCUT2D eigenvalue weighted by Crippen LogP contribution is -2.30. The number of aromatic nitrogens is 2. The van der Waals surface area contributed by atoms with E-state index in [1.165, 1.54) is 0 Å². The average Bonchev–Trinajstić information content (AvgIpc) is 2.70. The third kappa shape index (κ3) is 3.94. The van der Waals surface area contributed by atoms with Crippen molar-refractivity contribution >= 4 is 22.6 Å². The number of aryl methyl sites for hydroxylation is 2. The van der Waals surface area contributed by atoms with Crippen LogP contribution in [0.25, 0.3) is 11.0 Å². The summed E-state index contributed by atoms with van der Waals surface area (Å²) in [5.41, 5.74) is 4.03. The molecule has 0 unspecified atom stereocenters. The summed E-state index contributed by atoms with van der Waals surface area (Å²) in [4.78, 5) is 30.6. The van der Waals surface area contributed by atoms with Gasteiger partial charge in [-0.05, 0) is 60.9 Å². The summed E-state index contributed by atoms with van der Waals surface area (Å²) in [6, 6.07) is 20.7. The lowest BCUT2D eigenvalue weighted by molar-refractivity contribution is 0.102. The fourth-order valence-corrected chi connectivity index (χ4v) is 3.53. The van der Waals surface area contributed by atoms with Crippen LogP contribution in [0.5, 0.6) is 0 Å². The van der Waals surface area contributed by atoms with E-state index in [-0.39, 0.29) is 11.1 Å². The summed E-state index contributed by atoms with van der Waals surface area (Å²) in [5.74, 6) is -0.424. The number of fused-ring (bicyclic) bond motifs is 1. The molecule has 2 aromatic heterocycles. The van der Waals surface area contributed by atoms with E-state index in [1.807, 2.05) is 68.4 Å². The van der Waals surface area contributed by atoms with Crippen LogP contribution in [0.2, 0.25) is 0 Å². The van der Waals surface area contributed by atoms with Crippen LogP contribution < -0.4 is 10.9 Å². The van der Waals surface area contributed by atoms with Crippen LogP contribution in [0, 0.1) is 13.8 Å². The summed E-state index contributed by atoms with van der Waals surface area (Å²) in [6.45, 7) is 4.28. The van der Waals surface area contributed by atoms with E-state index in [2.05, 4.69) is 10.3 Å². The lowest BCUT2D eigenvalue weighted by atomic mass is 10.1. The predicted molar refractivity (Wildman–Crippen MR) is 115 cm³/mol. The summed E-state index contributed by atoms with van der Waals surface area (Å²) in [6.07, 6.45) is 1.65. The number of anilines is 1. The first-order valence-electron chi connectivity index (χ1n) is 9.43. The van der Waals surface area contributed by atoms with Crippen molar-refractivity contribution in [3.05, 3.63) is 106 Å². The lowest BCUT2D eigenvalue weighted by Gasteiger charge is -2.13. The fourth-order valence-electron chi connectivity index (χ4n) is 3.53. The number of carbonyl (C=O) groups excluding carboxylic acids is 1. The van der Waals surface area contributed by atoms with Gasteiger partial charge in [-0.3, -0.25) is 14.2 Å². The van der Waals surface area contributed by atoms with Crippen molar-refractivity contribution < 1.29 is 4.79 Å². The highest BCUT2D eigenvalue weighted by Gasteiger charge is 2.17. The van der Waals surface area contributed by atoms with Crippen LogP contribution in [0.3, 0.4) is 0 Å². The molecule has 2 aromatic carbocycles. The Balaban J connectivity index is 1.79. The smallest absolute Gasteiger partial charge is 0.265 e. The molecule has 5 nitrogen and oxygen atoms in total. The van der Waals surface area contributed by atoms with Crippen LogP contribution >= 0.6 is 0 Å². The third-order valence-corrected chi connectivity index (χ3v) is 4.76. The van der Waals surface area contributed by atoms with E-state index < -0.39 is 5.91 Å². The van der Waals surface area contributed by atoms with Gasteiger partial charge in [0.25, 0.3) is 11.5 Å².